The summed E-state index contributed by atoms with van der Waals surface area (Å²) < 4.78 is 32.3. The lowest BCUT2D eigenvalue weighted by molar-refractivity contribution is 0.0974. The number of carbonyl (C=O) groups is 5. The van der Waals surface area contributed by atoms with Gasteiger partial charge in [0.1, 0.15) is 11.6 Å². The quantitative estimate of drug-likeness (QED) is 0.0305. The van der Waals surface area contributed by atoms with Crippen LogP contribution in [0.25, 0.3) is 125 Å². The van der Waals surface area contributed by atoms with E-state index in [9.17, 15) is 28.4 Å². The topological polar surface area (TPSA) is 94.6 Å². The van der Waals surface area contributed by atoms with Crippen LogP contribution in [-0.4, -0.2) is 35.5 Å². The number of unbranched alkanes of at least 4 members (excludes halogenated alkanes) is 2. The molecule has 138 heavy (non-hydrogen) atoms. The molecule has 5 atom stereocenters. The Hall–Kier alpha value is -13.3. The maximum Gasteiger partial charge on any atom is 0.193 e. The van der Waals surface area contributed by atoms with Crippen molar-refractivity contribution < 1.29 is 33.1 Å². The molecule has 0 saturated carbocycles. The van der Waals surface area contributed by atoms with Gasteiger partial charge in [-0.15, -0.1) is 0 Å². The third-order valence-electron chi connectivity index (χ3n) is 25.7. The van der Waals surface area contributed by atoms with E-state index in [1.54, 1.807) is 0 Å². The van der Waals surface area contributed by atoms with Gasteiger partial charge in [-0.2, -0.15) is 0 Å². The van der Waals surface area contributed by atoms with Gasteiger partial charge in [0, 0.05) is 201 Å². The summed E-state index contributed by atoms with van der Waals surface area (Å²) >= 11 is 0. The molecule has 21 rings (SSSR count). The molecule has 0 radical (unpaired) electrons. The number of ether oxygens (including phenoxy) is 1. The highest BCUT2D eigenvalue weighted by Gasteiger charge is 2.32. The van der Waals surface area contributed by atoms with Crippen LogP contribution in [0.2, 0.25) is 0 Å². The molecule has 0 N–H and O–H groups in total. The predicted molar refractivity (Wildman–Crippen MR) is 596 cm³/mol. The molecule has 0 aliphatic rings. The Kier molecular flexibility index (Phi) is 30.7. The number of thiophene rings is 5. The third kappa shape index (κ3) is 20.5. The summed E-state index contributed by atoms with van der Waals surface area (Å²) in [6.45, 7) is 24.1. The van der Waals surface area contributed by atoms with E-state index >= 15 is 0 Å². The molecule has 0 aliphatic heterocycles. The number of rotatable bonds is 26. The van der Waals surface area contributed by atoms with Crippen LogP contribution in [0.3, 0.4) is 0 Å². The van der Waals surface area contributed by atoms with E-state index in [1.807, 2.05) is 91.9 Å². The summed E-state index contributed by atoms with van der Waals surface area (Å²) in [4.78, 5) is 69.4. The van der Waals surface area contributed by atoms with Crippen molar-refractivity contribution in [3.05, 3.63) is 418 Å². The van der Waals surface area contributed by atoms with Gasteiger partial charge < -0.3 is 4.74 Å². The molecule has 0 saturated heterocycles. The number of benzene rings is 16. The number of Topliss-reactive ketones (excluding diaryl/α,β-unsaturated/α-hetero) is 4. The van der Waals surface area contributed by atoms with E-state index in [0.29, 0.717) is 37.9 Å². The SMILES string of the molecule is CCCC(=O)c1ccc2c(c1)c1ccccc1[s+]2-c1cc(C)ccc1C.CCCC(=O)c1ccc2c(c1)c1ccccc1[s+]2-c1ccc(C)cc1.CCCC(=O)c1ccc2c(c1)c1ccccc1[s+]2-c1ccc(F)cc1.CCCCOc1ccc(C(=O)c2ccc3c(c2)c2ccccc2[s+]3-c2cc(C)ccc2C)cc1.CCCCc1ccc(-[s+]2c3ccccc3c3cc(C(=O)CCC)ccc32)cc1. The molecule has 21 aromatic rings. The summed E-state index contributed by atoms with van der Waals surface area (Å²) in [5, 5.41) is 12.2. The average molecular weight is 1910 g/mol. The van der Waals surface area contributed by atoms with Crippen molar-refractivity contribution in [2.45, 2.75) is 160 Å². The fourth-order valence-corrected chi connectivity index (χ4v) is 30.8. The molecule has 690 valence electrons. The number of fused-ring (bicyclic) bond motifs is 15. The van der Waals surface area contributed by atoms with Crippen LogP contribution >= 0.6 is 52.3 Å². The smallest absolute Gasteiger partial charge is 0.193 e. The lowest BCUT2D eigenvalue weighted by Gasteiger charge is -2.06. The molecule has 0 bridgehead atoms. The lowest BCUT2D eigenvalue weighted by Crippen LogP contribution is -2.02. The Morgan fingerprint density at radius 1 is 0.254 bits per heavy atom. The highest BCUT2D eigenvalue weighted by molar-refractivity contribution is 7.52. The van der Waals surface area contributed by atoms with Crippen molar-refractivity contribution in [3.8, 4) is 30.2 Å². The number of halogens is 1. The monoisotopic (exact) mass is 1910 g/mol. The average Bonchev–Trinajstić information content (AvgIpc) is 1.64. The van der Waals surface area contributed by atoms with E-state index in [2.05, 4.69) is 318 Å². The van der Waals surface area contributed by atoms with Gasteiger partial charge in [-0.3, -0.25) is 24.0 Å². The van der Waals surface area contributed by atoms with Crippen LogP contribution < -0.4 is 4.74 Å². The van der Waals surface area contributed by atoms with Crippen LogP contribution in [0.1, 0.15) is 209 Å². The Labute approximate surface area is 823 Å². The van der Waals surface area contributed by atoms with Gasteiger partial charge in [0.2, 0.25) is 0 Å². The predicted octanol–water partition coefficient (Wildman–Crippen LogP) is 38.0. The minimum Gasteiger partial charge on any atom is -0.494 e. The summed E-state index contributed by atoms with van der Waals surface area (Å²) in [6.07, 6.45) is 11.7. The van der Waals surface area contributed by atoms with Gasteiger partial charge in [0.25, 0.3) is 0 Å². The van der Waals surface area contributed by atoms with Gasteiger partial charge in [-0.05, 0) is 309 Å². The van der Waals surface area contributed by atoms with Crippen molar-refractivity contribution in [2.24, 2.45) is 0 Å². The van der Waals surface area contributed by atoms with E-state index in [0.717, 1.165) is 88.8 Å². The Morgan fingerprint density at radius 3 is 0.877 bits per heavy atom. The Balaban J connectivity index is 0.000000120. The standard InChI is InChI=1S/C31H29O2S.C26H27OS.C24H23OS.C23H21OS.C22H18FOS/c1-4-5-18-33-25-15-12-23(13-16-25)31(32)24-14-17-29-27(20-24)26-8-6-7-9-28(26)34(29)30-19-21(2)10-11-22(30)3;1-3-5-9-19-12-15-21(16-13-19)28-25-11-7-6-10-22(25)23-18-20(14-17-26(23)28)24(27)8-4-2;1-4-7-21(25)18-12-13-23-20(15-18)19-8-5-6-9-22(19)26(23)24-14-16(2)10-11-17(24)3;1-3-6-21(24)17-11-14-23-20(15-17)19-7-4-5-8-22(19)25(23)18-12-9-16(2)10-13-18;1-2-5-20(24)15-8-13-22-19(14-15)18-6-3-4-7-21(18)25(22)17-11-9-16(23)10-12-17/h6-17,19-20H,4-5,18H2,1-3H3;6-7,10-18H,3-5,8-9H2,1-2H3;5-6,8-15H,4,7H2,1-3H3;4-5,7-15H,3,6H2,1-2H3;3-4,6-14H,2,5H2,1H3/q5*+1. The van der Waals surface area contributed by atoms with Crippen molar-refractivity contribution in [1.29, 1.82) is 0 Å². The highest BCUT2D eigenvalue weighted by Crippen LogP contribution is 2.55. The van der Waals surface area contributed by atoms with Crippen LogP contribution in [0, 0.1) is 40.4 Å². The summed E-state index contributed by atoms with van der Waals surface area (Å²) in [5.41, 5.74) is 12.6. The number of hydrogen-bond donors (Lipinski definition) is 0. The van der Waals surface area contributed by atoms with Crippen molar-refractivity contribution in [1.82, 2.24) is 0 Å². The van der Waals surface area contributed by atoms with Gasteiger partial charge >= 0.3 is 0 Å². The van der Waals surface area contributed by atoms with Crippen LogP contribution in [0.4, 0.5) is 4.39 Å². The Bertz CT molecular complexity index is 7920. The van der Waals surface area contributed by atoms with E-state index in [4.69, 9.17) is 4.74 Å². The van der Waals surface area contributed by atoms with Crippen molar-refractivity contribution >= 4 is 182 Å². The molecule has 0 spiro atoms. The third-order valence-corrected chi connectivity index (χ3v) is 37.7. The maximum atomic E-state index is 13.3. The first kappa shape index (κ1) is 96.4. The fraction of sp³-hybridized carbons (Fsp3) is 0.198. The van der Waals surface area contributed by atoms with Gasteiger partial charge in [-0.1, -0.05) is 169 Å². The fourth-order valence-electron chi connectivity index (χ4n) is 18.6. The first-order valence-corrected chi connectivity index (χ1v) is 54.7. The molecule has 0 aliphatic carbocycles. The van der Waals surface area contributed by atoms with Gasteiger partial charge in [0.15, 0.2) is 100 Å². The number of aryl methyl sites for hydroxylation is 6. The number of carbonyl (C=O) groups excluding carboxylic acids is 5. The second kappa shape index (κ2) is 44.0. The highest BCUT2D eigenvalue weighted by atomic mass is 32.2. The molecule has 5 aromatic heterocycles. The minimum absolute atomic E-state index is 0.0407. The summed E-state index contributed by atoms with van der Waals surface area (Å²) in [5.74, 6) is 1.55. The normalized spacial score (nSPS) is 12.0. The first-order valence-electron chi connectivity index (χ1n) is 48.6. The van der Waals surface area contributed by atoms with Crippen molar-refractivity contribution in [2.75, 3.05) is 6.61 Å². The van der Waals surface area contributed by atoms with Gasteiger partial charge in [-0.25, -0.2) is 4.39 Å². The van der Waals surface area contributed by atoms with E-state index < -0.39 is 0 Å². The summed E-state index contributed by atoms with van der Waals surface area (Å²) in [7, 11) is -0.691. The molecule has 5 unspecified atom stereocenters. The molecular weight excluding hydrogens is 1790 g/mol. The molecule has 16 aromatic carbocycles. The van der Waals surface area contributed by atoms with Crippen LogP contribution in [0.15, 0.2) is 346 Å². The minimum atomic E-state index is -0.252. The van der Waals surface area contributed by atoms with E-state index in [-0.39, 0.29) is 87.1 Å². The molecule has 6 nitrogen and oxygen atoms in total. The second-order valence-corrected chi connectivity index (χ2v) is 45.6. The zero-order valence-corrected chi connectivity index (χ0v) is 84.8. The summed E-state index contributed by atoms with van der Waals surface area (Å²) in [6, 6.07) is 120. The molecule has 0 fully saturated rings. The van der Waals surface area contributed by atoms with E-state index in [1.165, 1.54) is 173 Å². The largest absolute Gasteiger partial charge is 0.494 e. The second-order valence-electron chi connectivity index (χ2n) is 35.9. The van der Waals surface area contributed by atoms with Crippen molar-refractivity contribution in [3.63, 3.8) is 0 Å². The molecule has 12 heteroatoms. The van der Waals surface area contributed by atoms with Crippen LogP contribution in [0.5, 0.6) is 5.75 Å². The zero-order chi connectivity index (χ0) is 96.2. The number of ketones is 5. The van der Waals surface area contributed by atoms with Gasteiger partial charge in [0.05, 0.1) is 6.61 Å². The number of hydrogen-bond acceptors (Lipinski definition) is 6. The maximum absolute atomic E-state index is 13.3. The lowest BCUT2D eigenvalue weighted by atomic mass is 10.0. The molecular formula is C126H118FO6S5+5. The molecule has 0 amide bonds. The first-order chi connectivity index (χ1) is 67.3. The van der Waals surface area contributed by atoms with Crippen LogP contribution in [-0.2, 0) is 6.42 Å². The molecule has 5 heterocycles. The Morgan fingerprint density at radius 2 is 0.536 bits per heavy atom. The zero-order valence-electron chi connectivity index (χ0n) is 80.7.